The van der Waals surface area contributed by atoms with Crippen LogP contribution in [0.15, 0.2) is 78.2 Å². The van der Waals surface area contributed by atoms with Gasteiger partial charge < -0.3 is 19.7 Å². The summed E-state index contributed by atoms with van der Waals surface area (Å²) in [6.07, 6.45) is 0. The van der Waals surface area contributed by atoms with E-state index >= 15 is 0 Å². The van der Waals surface area contributed by atoms with E-state index in [1.54, 1.807) is 55.9 Å². The highest BCUT2D eigenvalue weighted by Gasteiger charge is 2.18. The smallest absolute Gasteiger partial charge is 0.340 e. The third-order valence-corrected chi connectivity index (χ3v) is 6.29. The van der Waals surface area contributed by atoms with Gasteiger partial charge in [0.25, 0.3) is 11.8 Å². The van der Waals surface area contributed by atoms with Crippen molar-refractivity contribution in [2.75, 3.05) is 26.1 Å². The van der Waals surface area contributed by atoms with Crippen molar-refractivity contribution in [2.24, 2.45) is 0 Å². The highest BCUT2D eigenvalue weighted by molar-refractivity contribution is 7.12. The number of fused-ring (bicyclic) bond motifs is 1. The highest BCUT2D eigenvalue weighted by Crippen LogP contribution is 2.23. The van der Waals surface area contributed by atoms with E-state index in [4.69, 9.17) is 9.47 Å². The second-order valence-electron chi connectivity index (χ2n) is 7.85. The fraction of sp³-hybridized carbons (Fsp3) is 0.148. The first-order valence-corrected chi connectivity index (χ1v) is 11.7. The molecule has 178 valence electrons. The lowest BCUT2D eigenvalue weighted by molar-refractivity contribution is -0.133. The summed E-state index contributed by atoms with van der Waals surface area (Å²) in [5.74, 6) is -0.557. The SMILES string of the molecule is COc1ccc2cc(CN(C)C(=O)COC(=O)c3ccccc3NC(=O)c3cccs3)ccc2c1. The number of carbonyl (C=O) groups is 3. The summed E-state index contributed by atoms with van der Waals surface area (Å²) in [6, 6.07) is 21.8. The zero-order valence-corrected chi connectivity index (χ0v) is 20.1. The number of nitrogens with zero attached hydrogens (tertiary/aromatic N) is 1. The van der Waals surface area contributed by atoms with Gasteiger partial charge in [0.05, 0.1) is 23.2 Å². The van der Waals surface area contributed by atoms with Gasteiger partial charge in [-0.2, -0.15) is 0 Å². The number of esters is 1. The van der Waals surface area contributed by atoms with E-state index in [0.29, 0.717) is 17.1 Å². The first-order valence-electron chi connectivity index (χ1n) is 10.9. The molecule has 1 N–H and O–H groups in total. The molecule has 0 fully saturated rings. The molecule has 0 aliphatic heterocycles. The fourth-order valence-corrected chi connectivity index (χ4v) is 4.16. The van der Waals surface area contributed by atoms with Crippen molar-refractivity contribution in [3.8, 4) is 5.75 Å². The van der Waals surface area contributed by atoms with Crippen LogP contribution in [0.3, 0.4) is 0 Å². The molecule has 0 bridgehead atoms. The number of para-hydroxylation sites is 1. The van der Waals surface area contributed by atoms with Gasteiger partial charge in [0, 0.05) is 13.6 Å². The summed E-state index contributed by atoms with van der Waals surface area (Å²) >= 11 is 1.30. The lowest BCUT2D eigenvalue weighted by Gasteiger charge is -2.18. The van der Waals surface area contributed by atoms with Crippen LogP contribution in [0.5, 0.6) is 5.75 Å². The zero-order chi connectivity index (χ0) is 24.8. The minimum atomic E-state index is -0.687. The number of benzene rings is 3. The molecule has 1 aromatic heterocycles. The molecule has 3 aromatic carbocycles. The standard InChI is InChI=1S/C27H24N2O5S/c1-29(16-18-9-10-20-15-21(33-2)12-11-19(20)14-18)25(30)17-34-27(32)22-6-3-4-7-23(22)28-26(31)24-8-5-13-35-24/h3-15H,16-17H2,1-2H3,(H,28,31). The number of methoxy groups -OCH3 is 1. The second-order valence-corrected chi connectivity index (χ2v) is 8.80. The Kier molecular flexibility index (Phi) is 7.42. The molecular formula is C27H24N2O5S. The molecule has 4 rings (SSSR count). The molecule has 0 saturated heterocycles. The molecule has 0 saturated carbocycles. The van der Waals surface area contributed by atoms with Crippen LogP contribution in [0.4, 0.5) is 5.69 Å². The Morgan fingerprint density at radius 2 is 1.71 bits per heavy atom. The molecule has 0 atom stereocenters. The van der Waals surface area contributed by atoms with E-state index in [2.05, 4.69) is 5.32 Å². The summed E-state index contributed by atoms with van der Waals surface area (Å²) in [5, 5.41) is 6.61. The number of hydrogen-bond donors (Lipinski definition) is 1. The molecule has 35 heavy (non-hydrogen) atoms. The van der Waals surface area contributed by atoms with Crippen LogP contribution in [-0.2, 0) is 16.1 Å². The van der Waals surface area contributed by atoms with Gasteiger partial charge in [-0.1, -0.05) is 36.4 Å². The van der Waals surface area contributed by atoms with Crippen molar-refractivity contribution in [1.82, 2.24) is 4.90 Å². The van der Waals surface area contributed by atoms with Gasteiger partial charge in [-0.15, -0.1) is 11.3 Å². The molecule has 4 aromatic rings. The van der Waals surface area contributed by atoms with E-state index in [1.807, 2.05) is 36.4 Å². The van der Waals surface area contributed by atoms with E-state index in [9.17, 15) is 14.4 Å². The Morgan fingerprint density at radius 3 is 2.49 bits per heavy atom. The minimum Gasteiger partial charge on any atom is -0.497 e. The molecule has 0 unspecified atom stereocenters. The molecule has 0 spiro atoms. The first kappa shape index (κ1) is 24.0. The van der Waals surface area contributed by atoms with Crippen molar-refractivity contribution in [1.29, 1.82) is 0 Å². The number of nitrogens with one attached hydrogen (secondary N) is 1. The summed E-state index contributed by atoms with van der Waals surface area (Å²) in [5.41, 5.74) is 1.45. The normalized spacial score (nSPS) is 10.6. The lowest BCUT2D eigenvalue weighted by atomic mass is 10.1. The van der Waals surface area contributed by atoms with Gasteiger partial charge in [-0.25, -0.2) is 4.79 Å². The maximum atomic E-state index is 12.7. The number of hydrogen-bond acceptors (Lipinski definition) is 6. The Balaban J connectivity index is 1.35. The second kappa shape index (κ2) is 10.8. The van der Waals surface area contributed by atoms with Crippen molar-refractivity contribution < 1.29 is 23.9 Å². The number of anilines is 1. The fourth-order valence-electron chi connectivity index (χ4n) is 3.54. The van der Waals surface area contributed by atoms with Gasteiger partial charge in [0.15, 0.2) is 6.61 Å². The number of rotatable bonds is 8. The number of amides is 2. The highest BCUT2D eigenvalue weighted by atomic mass is 32.1. The van der Waals surface area contributed by atoms with Gasteiger partial charge in [-0.05, 0) is 58.1 Å². The van der Waals surface area contributed by atoms with Crippen molar-refractivity contribution in [3.63, 3.8) is 0 Å². The lowest BCUT2D eigenvalue weighted by Crippen LogP contribution is -2.31. The molecular weight excluding hydrogens is 464 g/mol. The third kappa shape index (κ3) is 5.85. The Labute approximate surface area is 206 Å². The Morgan fingerprint density at radius 1 is 0.943 bits per heavy atom. The maximum Gasteiger partial charge on any atom is 0.340 e. The topological polar surface area (TPSA) is 84.9 Å². The summed E-state index contributed by atoms with van der Waals surface area (Å²) in [7, 11) is 3.28. The average Bonchev–Trinajstić information content (AvgIpc) is 3.42. The monoisotopic (exact) mass is 488 g/mol. The zero-order valence-electron chi connectivity index (χ0n) is 19.3. The summed E-state index contributed by atoms with van der Waals surface area (Å²) in [4.78, 5) is 39.7. The van der Waals surface area contributed by atoms with Gasteiger partial charge in [0.2, 0.25) is 0 Å². The molecule has 0 aliphatic rings. The summed E-state index contributed by atoms with van der Waals surface area (Å²) < 4.78 is 10.5. The van der Waals surface area contributed by atoms with Crippen LogP contribution in [0.1, 0.15) is 25.6 Å². The number of thiophene rings is 1. The van der Waals surface area contributed by atoms with E-state index < -0.39 is 12.6 Å². The molecule has 1 heterocycles. The van der Waals surface area contributed by atoms with Crippen LogP contribution < -0.4 is 10.1 Å². The molecule has 2 amide bonds. The molecule has 8 heteroatoms. The summed E-state index contributed by atoms with van der Waals surface area (Å²) in [6.45, 7) is -0.0425. The Bertz CT molecular complexity index is 1370. The van der Waals surface area contributed by atoms with Crippen LogP contribution in [0.2, 0.25) is 0 Å². The van der Waals surface area contributed by atoms with Crippen LogP contribution in [0.25, 0.3) is 10.8 Å². The van der Waals surface area contributed by atoms with Crippen LogP contribution in [0, 0.1) is 0 Å². The van der Waals surface area contributed by atoms with Crippen molar-refractivity contribution in [3.05, 3.63) is 94.2 Å². The maximum absolute atomic E-state index is 12.7. The predicted molar refractivity (Wildman–Crippen MR) is 136 cm³/mol. The molecule has 7 nitrogen and oxygen atoms in total. The van der Waals surface area contributed by atoms with Crippen molar-refractivity contribution in [2.45, 2.75) is 6.54 Å². The largest absolute Gasteiger partial charge is 0.497 e. The number of ether oxygens (including phenoxy) is 2. The predicted octanol–water partition coefficient (Wildman–Crippen LogP) is 4.98. The molecule has 0 radical (unpaired) electrons. The quantitative estimate of drug-likeness (QED) is 0.354. The van der Waals surface area contributed by atoms with Gasteiger partial charge >= 0.3 is 5.97 Å². The Hall–Kier alpha value is -4.17. The van der Waals surface area contributed by atoms with Gasteiger partial charge in [-0.3, -0.25) is 9.59 Å². The van der Waals surface area contributed by atoms with E-state index in [0.717, 1.165) is 22.1 Å². The van der Waals surface area contributed by atoms with Crippen molar-refractivity contribution >= 4 is 45.6 Å². The van der Waals surface area contributed by atoms with Crippen LogP contribution in [-0.4, -0.2) is 43.4 Å². The minimum absolute atomic E-state index is 0.179. The van der Waals surface area contributed by atoms with Crippen LogP contribution >= 0.6 is 11.3 Å². The number of likely N-dealkylation sites (N-methyl/N-ethyl adjacent to an activating group) is 1. The number of carbonyl (C=O) groups excluding carboxylic acids is 3. The van der Waals surface area contributed by atoms with E-state index in [-0.39, 0.29) is 17.4 Å². The van der Waals surface area contributed by atoms with Gasteiger partial charge in [0.1, 0.15) is 5.75 Å². The first-order chi connectivity index (χ1) is 16.9. The average molecular weight is 489 g/mol. The third-order valence-electron chi connectivity index (χ3n) is 5.42. The van der Waals surface area contributed by atoms with E-state index in [1.165, 1.54) is 16.2 Å². The molecule has 0 aliphatic carbocycles.